The van der Waals surface area contributed by atoms with Crippen LogP contribution in [0.1, 0.15) is 19.3 Å². The van der Waals surface area contributed by atoms with Crippen molar-refractivity contribution < 1.29 is 4.74 Å². The van der Waals surface area contributed by atoms with Gasteiger partial charge in [0.1, 0.15) is 12.4 Å². The second-order valence-electron chi connectivity index (χ2n) is 4.43. The third kappa shape index (κ3) is 3.30. The maximum atomic E-state index is 5.82. The summed E-state index contributed by atoms with van der Waals surface area (Å²) in [4.78, 5) is 4.09. The first kappa shape index (κ1) is 12.6. The zero-order valence-electron chi connectivity index (χ0n) is 9.79. The summed E-state index contributed by atoms with van der Waals surface area (Å²) in [6.07, 6.45) is 8.73. The molecule has 1 fully saturated rings. The van der Waals surface area contributed by atoms with Crippen LogP contribution in [0, 0.1) is 0 Å². The molecule has 2 heterocycles. The average molecular weight is 297 g/mol. The molecule has 1 aromatic rings. The van der Waals surface area contributed by atoms with E-state index in [0.717, 1.165) is 29.6 Å². The van der Waals surface area contributed by atoms with Gasteiger partial charge in [-0.15, -0.1) is 6.58 Å². The van der Waals surface area contributed by atoms with Crippen LogP contribution in [0.4, 0.5) is 0 Å². The summed E-state index contributed by atoms with van der Waals surface area (Å²) >= 11 is 3.39. The fraction of sp³-hybridized carbons (Fsp3) is 0.462. The molecule has 0 amide bonds. The highest BCUT2D eigenvalue weighted by molar-refractivity contribution is 9.10. The van der Waals surface area contributed by atoms with Crippen LogP contribution in [0.25, 0.3) is 0 Å². The molecule has 0 radical (unpaired) electrons. The minimum atomic E-state index is 0.0596. The van der Waals surface area contributed by atoms with E-state index in [1.54, 1.807) is 12.4 Å². The van der Waals surface area contributed by atoms with Gasteiger partial charge < -0.3 is 10.1 Å². The normalized spacial score (nSPS) is 23.6. The molecule has 1 aromatic heterocycles. The van der Waals surface area contributed by atoms with Crippen molar-refractivity contribution in [3.05, 3.63) is 35.6 Å². The number of ether oxygens (including phenoxy) is 1. The SMILES string of the molecule is C=CC[C@]1(COc2cncc(Br)c2)CCCN1. The van der Waals surface area contributed by atoms with Gasteiger partial charge in [-0.1, -0.05) is 6.08 Å². The van der Waals surface area contributed by atoms with Crippen LogP contribution in [0.2, 0.25) is 0 Å². The van der Waals surface area contributed by atoms with Crippen LogP contribution in [-0.2, 0) is 0 Å². The molecule has 1 atom stereocenters. The number of halogens is 1. The summed E-state index contributed by atoms with van der Waals surface area (Å²) in [6.45, 7) is 5.55. The zero-order chi connectivity index (χ0) is 12.1. The van der Waals surface area contributed by atoms with Gasteiger partial charge in [-0.3, -0.25) is 4.98 Å². The predicted octanol–water partition coefficient (Wildman–Crippen LogP) is 2.92. The zero-order valence-corrected chi connectivity index (χ0v) is 11.4. The van der Waals surface area contributed by atoms with Gasteiger partial charge >= 0.3 is 0 Å². The number of aromatic nitrogens is 1. The van der Waals surface area contributed by atoms with Crippen molar-refractivity contribution in [1.29, 1.82) is 0 Å². The Balaban J connectivity index is 1.97. The summed E-state index contributed by atoms with van der Waals surface area (Å²) in [6, 6.07) is 1.93. The molecule has 0 bridgehead atoms. The van der Waals surface area contributed by atoms with E-state index in [4.69, 9.17) is 4.74 Å². The lowest BCUT2D eigenvalue weighted by atomic mass is 9.94. The second-order valence-corrected chi connectivity index (χ2v) is 5.35. The molecule has 0 aliphatic carbocycles. The van der Waals surface area contributed by atoms with E-state index < -0.39 is 0 Å². The molecule has 1 aliphatic heterocycles. The van der Waals surface area contributed by atoms with Gasteiger partial charge in [0, 0.05) is 10.7 Å². The summed E-state index contributed by atoms with van der Waals surface area (Å²) < 4.78 is 6.76. The maximum absolute atomic E-state index is 5.82. The summed E-state index contributed by atoms with van der Waals surface area (Å²) in [5, 5.41) is 3.53. The fourth-order valence-electron chi connectivity index (χ4n) is 2.19. The number of nitrogens with zero attached hydrogens (tertiary/aromatic N) is 1. The van der Waals surface area contributed by atoms with E-state index in [0.29, 0.717) is 6.61 Å². The molecule has 1 aliphatic rings. The largest absolute Gasteiger partial charge is 0.490 e. The summed E-state index contributed by atoms with van der Waals surface area (Å²) in [5.74, 6) is 0.802. The first-order valence-electron chi connectivity index (χ1n) is 5.83. The Labute approximate surface area is 110 Å². The first-order chi connectivity index (χ1) is 8.24. The van der Waals surface area contributed by atoms with Gasteiger partial charge in [0.05, 0.1) is 11.7 Å². The minimum absolute atomic E-state index is 0.0596. The monoisotopic (exact) mass is 296 g/mol. The van der Waals surface area contributed by atoms with E-state index >= 15 is 0 Å². The first-order valence-corrected chi connectivity index (χ1v) is 6.63. The number of pyridine rings is 1. The van der Waals surface area contributed by atoms with Gasteiger partial charge in [0.2, 0.25) is 0 Å². The van der Waals surface area contributed by atoms with Crippen molar-refractivity contribution in [2.75, 3.05) is 13.2 Å². The lowest BCUT2D eigenvalue weighted by molar-refractivity contribution is 0.198. The van der Waals surface area contributed by atoms with Crippen molar-refractivity contribution in [3.63, 3.8) is 0 Å². The van der Waals surface area contributed by atoms with Crippen molar-refractivity contribution in [2.24, 2.45) is 0 Å². The standard InChI is InChI=1S/C13H17BrN2O/c1-2-4-13(5-3-6-16-13)10-17-12-7-11(14)8-15-9-12/h2,7-9,16H,1,3-6,10H2/t13-/m1/s1. The smallest absolute Gasteiger partial charge is 0.138 e. The highest BCUT2D eigenvalue weighted by Crippen LogP contribution is 2.25. The average Bonchev–Trinajstić information content (AvgIpc) is 2.76. The van der Waals surface area contributed by atoms with E-state index in [9.17, 15) is 0 Å². The Morgan fingerprint density at radius 2 is 2.47 bits per heavy atom. The lowest BCUT2D eigenvalue weighted by Crippen LogP contribution is -2.44. The molecule has 0 spiro atoms. The number of hydrogen-bond acceptors (Lipinski definition) is 3. The molecule has 0 unspecified atom stereocenters. The van der Waals surface area contributed by atoms with Gasteiger partial charge in [0.15, 0.2) is 0 Å². The van der Waals surface area contributed by atoms with E-state index in [-0.39, 0.29) is 5.54 Å². The topological polar surface area (TPSA) is 34.1 Å². The molecule has 4 heteroatoms. The Morgan fingerprint density at radius 1 is 1.59 bits per heavy atom. The molecule has 0 saturated carbocycles. The Morgan fingerprint density at radius 3 is 3.12 bits per heavy atom. The van der Waals surface area contributed by atoms with Gasteiger partial charge in [-0.25, -0.2) is 0 Å². The third-order valence-corrected chi connectivity index (χ3v) is 3.50. The van der Waals surface area contributed by atoms with E-state index in [2.05, 4.69) is 32.8 Å². The number of hydrogen-bond donors (Lipinski definition) is 1. The quantitative estimate of drug-likeness (QED) is 0.849. The minimum Gasteiger partial charge on any atom is -0.490 e. The van der Waals surface area contributed by atoms with Gasteiger partial charge in [-0.05, 0) is 47.8 Å². The van der Waals surface area contributed by atoms with Crippen LogP contribution in [0.3, 0.4) is 0 Å². The Hall–Kier alpha value is -0.870. The highest BCUT2D eigenvalue weighted by atomic mass is 79.9. The molecule has 2 rings (SSSR count). The van der Waals surface area contributed by atoms with Crippen molar-refractivity contribution in [2.45, 2.75) is 24.8 Å². The van der Waals surface area contributed by atoms with Crippen LogP contribution >= 0.6 is 15.9 Å². The Bertz CT molecular complexity index is 389. The number of nitrogens with one attached hydrogen (secondary N) is 1. The molecule has 3 nitrogen and oxygen atoms in total. The second kappa shape index (κ2) is 5.65. The van der Waals surface area contributed by atoms with Crippen molar-refractivity contribution >= 4 is 15.9 Å². The molecular weight excluding hydrogens is 280 g/mol. The van der Waals surface area contributed by atoms with Gasteiger partial charge in [0.25, 0.3) is 0 Å². The van der Waals surface area contributed by atoms with E-state index in [1.165, 1.54) is 6.42 Å². The van der Waals surface area contributed by atoms with Gasteiger partial charge in [-0.2, -0.15) is 0 Å². The Kier molecular flexibility index (Phi) is 4.18. The van der Waals surface area contributed by atoms with Crippen molar-refractivity contribution in [1.82, 2.24) is 10.3 Å². The molecular formula is C13H17BrN2O. The summed E-state index contributed by atoms with van der Waals surface area (Å²) in [5.41, 5.74) is 0.0596. The maximum Gasteiger partial charge on any atom is 0.138 e. The molecule has 1 N–H and O–H groups in total. The molecule has 92 valence electrons. The predicted molar refractivity (Wildman–Crippen MR) is 72.2 cm³/mol. The third-order valence-electron chi connectivity index (χ3n) is 3.06. The lowest BCUT2D eigenvalue weighted by Gasteiger charge is -2.28. The highest BCUT2D eigenvalue weighted by Gasteiger charge is 2.32. The van der Waals surface area contributed by atoms with Crippen LogP contribution in [0.15, 0.2) is 35.6 Å². The molecule has 17 heavy (non-hydrogen) atoms. The van der Waals surface area contributed by atoms with E-state index in [1.807, 2.05) is 12.1 Å². The van der Waals surface area contributed by atoms with Crippen LogP contribution in [-0.4, -0.2) is 23.7 Å². The van der Waals surface area contributed by atoms with Crippen molar-refractivity contribution in [3.8, 4) is 5.75 Å². The van der Waals surface area contributed by atoms with Crippen LogP contribution < -0.4 is 10.1 Å². The van der Waals surface area contributed by atoms with Crippen LogP contribution in [0.5, 0.6) is 5.75 Å². The molecule has 1 saturated heterocycles. The number of rotatable bonds is 5. The fourth-order valence-corrected chi connectivity index (χ4v) is 2.54. The molecule has 0 aromatic carbocycles. The summed E-state index contributed by atoms with van der Waals surface area (Å²) in [7, 11) is 0.